The highest BCUT2D eigenvalue weighted by molar-refractivity contribution is 7.92. The van der Waals surface area contributed by atoms with Crippen molar-refractivity contribution in [3.05, 3.63) is 53.8 Å². The van der Waals surface area contributed by atoms with Crippen LogP contribution in [0, 0.1) is 5.82 Å². The molecule has 0 radical (unpaired) electrons. The number of sulfonamides is 1. The number of benzene rings is 2. The van der Waals surface area contributed by atoms with E-state index in [4.69, 9.17) is 14.6 Å². The van der Waals surface area contributed by atoms with E-state index < -0.39 is 28.4 Å². The molecule has 1 aliphatic heterocycles. The van der Waals surface area contributed by atoms with Crippen LogP contribution in [0.4, 0.5) is 10.1 Å². The van der Waals surface area contributed by atoms with E-state index in [2.05, 4.69) is 4.72 Å². The Kier molecular flexibility index (Phi) is 5.62. The average Bonchev–Trinajstić information content (AvgIpc) is 3.15. The zero-order chi connectivity index (χ0) is 19.4. The number of halogens is 1. The molecule has 2 aromatic rings. The van der Waals surface area contributed by atoms with Crippen molar-refractivity contribution in [2.45, 2.75) is 17.2 Å². The van der Waals surface area contributed by atoms with Crippen LogP contribution in [0.1, 0.15) is 17.9 Å². The van der Waals surface area contributed by atoms with Crippen molar-refractivity contribution in [1.82, 2.24) is 0 Å². The first kappa shape index (κ1) is 19.1. The zero-order valence-electron chi connectivity index (χ0n) is 14.2. The van der Waals surface area contributed by atoms with Gasteiger partial charge in [-0.2, -0.15) is 0 Å². The second-order valence-electron chi connectivity index (χ2n) is 6.06. The molecule has 1 heterocycles. The Morgan fingerprint density at radius 2 is 2.00 bits per heavy atom. The van der Waals surface area contributed by atoms with Gasteiger partial charge >= 0.3 is 5.97 Å². The van der Waals surface area contributed by atoms with Gasteiger partial charge in [-0.25, -0.2) is 17.6 Å². The van der Waals surface area contributed by atoms with Crippen molar-refractivity contribution in [2.24, 2.45) is 0 Å². The van der Waals surface area contributed by atoms with Crippen LogP contribution < -0.4 is 9.46 Å². The zero-order valence-corrected chi connectivity index (χ0v) is 15.0. The van der Waals surface area contributed by atoms with Gasteiger partial charge in [0.25, 0.3) is 10.0 Å². The molecule has 9 heteroatoms. The van der Waals surface area contributed by atoms with E-state index in [9.17, 15) is 17.6 Å². The quantitative estimate of drug-likeness (QED) is 0.747. The van der Waals surface area contributed by atoms with E-state index in [1.807, 2.05) is 12.1 Å². The van der Waals surface area contributed by atoms with Gasteiger partial charge in [-0.05, 0) is 42.3 Å². The first-order chi connectivity index (χ1) is 12.8. The molecule has 0 spiro atoms. The fourth-order valence-electron chi connectivity index (χ4n) is 2.74. The Balaban J connectivity index is 1.72. The molecule has 1 saturated heterocycles. The first-order valence-corrected chi connectivity index (χ1v) is 9.68. The number of aliphatic carboxylic acids is 1. The van der Waals surface area contributed by atoms with Crippen LogP contribution in [0.3, 0.4) is 0 Å². The highest BCUT2D eigenvalue weighted by Crippen LogP contribution is 2.27. The third-order valence-corrected chi connectivity index (χ3v) is 5.51. The van der Waals surface area contributed by atoms with Gasteiger partial charge in [-0.1, -0.05) is 12.1 Å². The van der Waals surface area contributed by atoms with Gasteiger partial charge in [-0.15, -0.1) is 0 Å². The van der Waals surface area contributed by atoms with Crippen molar-refractivity contribution in [2.75, 3.05) is 24.5 Å². The van der Waals surface area contributed by atoms with E-state index in [0.29, 0.717) is 18.2 Å². The van der Waals surface area contributed by atoms with Gasteiger partial charge in [0, 0.05) is 18.2 Å². The number of anilines is 1. The van der Waals surface area contributed by atoms with Crippen LogP contribution in [0.15, 0.2) is 47.4 Å². The lowest BCUT2D eigenvalue weighted by Gasteiger charge is -2.12. The van der Waals surface area contributed by atoms with E-state index in [1.54, 1.807) is 12.1 Å². The molecule has 1 aliphatic rings. The SMILES string of the molecule is O=C(O)COc1ccc(S(=O)(=O)Nc2ccc(C3CCOC3)cc2)cc1F. The summed E-state index contributed by atoms with van der Waals surface area (Å²) in [6.07, 6.45) is 0.931. The molecule has 0 saturated carbocycles. The fourth-order valence-corrected chi connectivity index (χ4v) is 3.81. The maximum Gasteiger partial charge on any atom is 0.341 e. The third-order valence-electron chi connectivity index (χ3n) is 4.13. The van der Waals surface area contributed by atoms with Crippen molar-refractivity contribution in [1.29, 1.82) is 0 Å². The lowest BCUT2D eigenvalue weighted by atomic mass is 9.98. The molecule has 2 N–H and O–H groups in total. The highest BCUT2D eigenvalue weighted by Gasteiger charge is 2.19. The van der Waals surface area contributed by atoms with Crippen LogP contribution in [0.5, 0.6) is 5.75 Å². The molecule has 7 nitrogen and oxygen atoms in total. The number of ether oxygens (including phenoxy) is 2. The number of carboxylic acids is 1. The van der Waals surface area contributed by atoms with Gasteiger partial charge < -0.3 is 14.6 Å². The number of hydrogen-bond acceptors (Lipinski definition) is 5. The molecule has 3 rings (SSSR count). The summed E-state index contributed by atoms with van der Waals surface area (Å²) in [6.45, 7) is 0.650. The molecular formula is C18H18FNO6S. The monoisotopic (exact) mass is 395 g/mol. The maximum absolute atomic E-state index is 14.0. The average molecular weight is 395 g/mol. The molecule has 27 heavy (non-hydrogen) atoms. The maximum atomic E-state index is 14.0. The summed E-state index contributed by atoms with van der Waals surface area (Å²) in [7, 11) is -4.00. The van der Waals surface area contributed by atoms with Crippen LogP contribution >= 0.6 is 0 Å². The first-order valence-electron chi connectivity index (χ1n) is 8.20. The Labute approximate surface area is 155 Å². The summed E-state index contributed by atoms with van der Waals surface area (Å²) in [5.41, 5.74) is 1.42. The number of rotatable bonds is 7. The lowest BCUT2D eigenvalue weighted by molar-refractivity contribution is -0.139. The second kappa shape index (κ2) is 7.93. The van der Waals surface area contributed by atoms with Crippen LogP contribution in [0.2, 0.25) is 0 Å². The molecule has 144 valence electrons. The third kappa shape index (κ3) is 4.75. The van der Waals surface area contributed by atoms with Crippen molar-refractivity contribution in [3.63, 3.8) is 0 Å². The van der Waals surface area contributed by atoms with E-state index in [0.717, 1.165) is 36.8 Å². The molecule has 1 unspecified atom stereocenters. The molecule has 0 bridgehead atoms. The number of nitrogens with one attached hydrogen (secondary N) is 1. The normalized spacial score (nSPS) is 16.9. The summed E-state index contributed by atoms with van der Waals surface area (Å²) in [4.78, 5) is 10.2. The van der Waals surface area contributed by atoms with Crippen LogP contribution in [0.25, 0.3) is 0 Å². The summed E-state index contributed by atoms with van der Waals surface area (Å²) in [5, 5.41) is 8.54. The van der Waals surface area contributed by atoms with Gasteiger partial charge in [0.15, 0.2) is 18.2 Å². The Morgan fingerprint density at radius 3 is 2.59 bits per heavy atom. The van der Waals surface area contributed by atoms with Crippen LogP contribution in [-0.4, -0.2) is 39.3 Å². The minimum Gasteiger partial charge on any atom is -0.479 e. The minimum absolute atomic E-state index is 0.295. The summed E-state index contributed by atoms with van der Waals surface area (Å²) < 4.78 is 51.3. The van der Waals surface area contributed by atoms with E-state index in [-0.39, 0.29) is 10.6 Å². The summed E-state index contributed by atoms with van der Waals surface area (Å²) in [6, 6.07) is 9.96. The smallest absolute Gasteiger partial charge is 0.341 e. The molecule has 1 atom stereocenters. The van der Waals surface area contributed by atoms with Gasteiger partial charge in [0.2, 0.25) is 0 Å². The Bertz CT molecular complexity index is 923. The van der Waals surface area contributed by atoms with Crippen molar-refractivity contribution in [3.8, 4) is 5.75 Å². The number of carboxylic acid groups (broad SMARTS) is 1. The molecule has 2 aromatic carbocycles. The largest absolute Gasteiger partial charge is 0.479 e. The standard InChI is InChI=1S/C18H18FNO6S/c19-16-9-15(5-6-17(16)26-11-18(21)22)27(23,24)20-14-3-1-12(2-4-14)13-7-8-25-10-13/h1-6,9,13,20H,7-8,10-11H2,(H,21,22). The lowest BCUT2D eigenvalue weighted by Crippen LogP contribution is -2.14. The fraction of sp³-hybridized carbons (Fsp3) is 0.278. The molecule has 1 fully saturated rings. The molecule has 0 aromatic heterocycles. The van der Waals surface area contributed by atoms with Crippen molar-refractivity contribution >= 4 is 21.7 Å². The minimum atomic E-state index is -4.00. The topological polar surface area (TPSA) is 102 Å². The van der Waals surface area contributed by atoms with Gasteiger partial charge in [0.05, 0.1) is 11.5 Å². The van der Waals surface area contributed by atoms with Crippen molar-refractivity contribution < 1.29 is 32.2 Å². The molecule has 0 amide bonds. The van der Waals surface area contributed by atoms with E-state index in [1.165, 1.54) is 0 Å². The predicted molar refractivity (Wildman–Crippen MR) is 95.0 cm³/mol. The highest BCUT2D eigenvalue weighted by atomic mass is 32.2. The summed E-state index contributed by atoms with van der Waals surface area (Å²) in [5.74, 6) is -2.25. The van der Waals surface area contributed by atoms with Gasteiger partial charge in [-0.3, -0.25) is 4.72 Å². The number of hydrogen-bond donors (Lipinski definition) is 2. The Hall–Kier alpha value is -2.65. The van der Waals surface area contributed by atoms with Crippen LogP contribution in [-0.2, 0) is 19.6 Å². The predicted octanol–water partition coefficient (Wildman–Crippen LogP) is 2.59. The molecule has 0 aliphatic carbocycles. The Morgan fingerprint density at radius 1 is 1.26 bits per heavy atom. The second-order valence-corrected chi connectivity index (χ2v) is 7.75. The van der Waals surface area contributed by atoms with Gasteiger partial charge in [0.1, 0.15) is 0 Å². The van der Waals surface area contributed by atoms with E-state index >= 15 is 0 Å². The molecular weight excluding hydrogens is 377 g/mol. The summed E-state index contributed by atoms with van der Waals surface area (Å²) >= 11 is 0. The number of carbonyl (C=O) groups is 1.